The van der Waals surface area contributed by atoms with Crippen molar-refractivity contribution in [2.45, 2.75) is 24.9 Å². The minimum Gasteiger partial charge on any atom is -0.480 e. The lowest BCUT2D eigenvalue weighted by atomic mass is 10.4. The summed E-state index contributed by atoms with van der Waals surface area (Å²) in [6, 6.07) is 0.0729. The van der Waals surface area contributed by atoms with Crippen LogP contribution in [0.2, 0.25) is 0 Å². The number of imidazole rings is 1. The second-order valence-electron chi connectivity index (χ2n) is 4.23. The predicted octanol–water partition coefficient (Wildman–Crippen LogP) is 0.725. The molecule has 1 aromatic rings. The first kappa shape index (κ1) is 15.4. The first-order chi connectivity index (χ1) is 8.78. The Morgan fingerprint density at radius 1 is 1.63 bits per heavy atom. The van der Waals surface area contributed by atoms with Gasteiger partial charge in [-0.25, -0.2) is 13.4 Å². The van der Waals surface area contributed by atoms with E-state index in [0.29, 0.717) is 0 Å². The molecule has 0 bridgehead atoms. The van der Waals surface area contributed by atoms with E-state index in [0.717, 1.165) is 4.31 Å². The monoisotopic (exact) mass is 287 g/mol. The Balaban J connectivity index is 3.10. The number of carbonyl (C=O) groups is 1. The van der Waals surface area contributed by atoms with Crippen molar-refractivity contribution in [3.63, 3.8) is 0 Å². The zero-order valence-corrected chi connectivity index (χ0v) is 11.7. The normalized spacial score (nSPS) is 12.0. The van der Waals surface area contributed by atoms with Gasteiger partial charge in [0.05, 0.1) is 6.33 Å². The fraction of sp³-hybridized carbons (Fsp3) is 0.455. The fourth-order valence-corrected chi connectivity index (χ4v) is 2.69. The number of rotatable bonds is 7. The van der Waals surface area contributed by atoms with Gasteiger partial charge in [-0.15, -0.1) is 6.58 Å². The lowest BCUT2D eigenvalue weighted by Crippen LogP contribution is -2.36. The Morgan fingerprint density at radius 3 is 2.68 bits per heavy atom. The molecule has 8 heteroatoms. The van der Waals surface area contributed by atoms with Gasteiger partial charge in [0, 0.05) is 18.8 Å². The number of hydrogen-bond donors (Lipinski definition) is 1. The lowest BCUT2D eigenvalue weighted by molar-refractivity contribution is -0.137. The molecule has 1 N–H and O–H groups in total. The number of sulfonamides is 1. The summed E-state index contributed by atoms with van der Waals surface area (Å²) in [6.07, 6.45) is 4.13. The average Bonchev–Trinajstić information content (AvgIpc) is 2.77. The molecule has 0 aromatic carbocycles. The second kappa shape index (κ2) is 5.98. The fourth-order valence-electron chi connectivity index (χ4n) is 1.41. The summed E-state index contributed by atoms with van der Waals surface area (Å²) in [5, 5.41) is 8.59. The summed E-state index contributed by atoms with van der Waals surface area (Å²) in [6.45, 7) is 6.49. The maximum absolute atomic E-state index is 12.2. The molecular formula is C11H17N3O4S. The van der Waals surface area contributed by atoms with Crippen molar-refractivity contribution in [1.29, 1.82) is 0 Å². The van der Waals surface area contributed by atoms with Gasteiger partial charge in [0.15, 0.2) is 5.03 Å². The van der Waals surface area contributed by atoms with Crippen LogP contribution in [0.1, 0.15) is 19.9 Å². The SMILES string of the molecule is C=CCN(CC(=O)O)S(=O)(=O)c1cn(C(C)C)cn1. The van der Waals surface area contributed by atoms with E-state index in [2.05, 4.69) is 11.6 Å². The van der Waals surface area contributed by atoms with Crippen LogP contribution in [0.25, 0.3) is 0 Å². The highest BCUT2D eigenvalue weighted by Gasteiger charge is 2.27. The standard InChI is InChI=1S/C11H17N3O4S/c1-4-5-14(7-11(15)16)19(17,18)10-6-13(8-12-10)9(2)3/h4,6,8-9H,1,5,7H2,2-3H3,(H,15,16). The van der Waals surface area contributed by atoms with E-state index < -0.39 is 22.5 Å². The van der Waals surface area contributed by atoms with Crippen LogP contribution in [-0.4, -0.2) is 46.4 Å². The Kier molecular flexibility index (Phi) is 4.84. The smallest absolute Gasteiger partial charge is 0.318 e. The predicted molar refractivity (Wildman–Crippen MR) is 69.2 cm³/mol. The maximum Gasteiger partial charge on any atom is 0.318 e. The molecule has 0 saturated carbocycles. The van der Waals surface area contributed by atoms with Crippen LogP contribution in [-0.2, 0) is 14.8 Å². The van der Waals surface area contributed by atoms with Crippen LogP contribution < -0.4 is 0 Å². The summed E-state index contributed by atoms with van der Waals surface area (Å²) in [7, 11) is -3.92. The van der Waals surface area contributed by atoms with E-state index >= 15 is 0 Å². The van der Waals surface area contributed by atoms with Gasteiger partial charge in [0.25, 0.3) is 10.0 Å². The topological polar surface area (TPSA) is 92.5 Å². The van der Waals surface area contributed by atoms with E-state index in [-0.39, 0.29) is 17.6 Å². The second-order valence-corrected chi connectivity index (χ2v) is 6.12. The van der Waals surface area contributed by atoms with Crippen molar-refractivity contribution in [3.05, 3.63) is 25.2 Å². The van der Waals surface area contributed by atoms with Crippen LogP contribution >= 0.6 is 0 Å². The summed E-state index contributed by atoms with van der Waals surface area (Å²) in [5.74, 6) is -1.23. The quantitative estimate of drug-likeness (QED) is 0.746. The van der Waals surface area contributed by atoms with Gasteiger partial charge in [-0.3, -0.25) is 4.79 Å². The number of hydrogen-bond acceptors (Lipinski definition) is 4. The Hall–Kier alpha value is -1.67. The largest absolute Gasteiger partial charge is 0.480 e. The van der Waals surface area contributed by atoms with Crippen molar-refractivity contribution in [1.82, 2.24) is 13.9 Å². The third-order valence-corrected chi connectivity index (χ3v) is 4.12. The van der Waals surface area contributed by atoms with Crippen molar-refractivity contribution in [2.75, 3.05) is 13.1 Å². The van der Waals surface area contributed by atoms with Gasteiger partial charge in [-0.1, -0.05) is 6.08 Å². The summed E-state index contributed by atoms with van der Waals surface area (Å²) in [4.78, 5) is 14.5. The molecule has 0 aliphatic carbocycles. The van der Waals surface area contributed by atoms with Crippen LogP contribution in [0.5, 0.6) is 0 Å². The molecule has 0 aliphatic heterocycles. The van der Waals surface area contributed by atoms with E-state index in [4.69, 9.17) is 5.11 Å². The Morgan fingerprint density at radius 2 is 2.26 bits per heavy atom. The molecule has 0 radical (unpaired) electrons. The molecule has 0 atom stereocenters. The molecule has 1 rings (SSSR count). The molecular weight excluding hydrogens is 270 g/mol. The molecule has 0 amide bonds. The summed E-state index contributed by atoms with van der Waals surface area (Å²) < 4.78 is 26.9. The minimum absolute atomic E-state index is 0.0729. The number of aromatic nitrogens is 2. The van der Waals surface area contributed by atoms with Crippen molar-refractivity contribution in [3.8, 4) is 0 Å². The molecule has 19 heavy (non-hydrogen) atoms. The van der Waals surface area contributed by atoms with Crippen molar-refractivity contribution in [2.24, 2.45) is 0 Å². The summed E-state index contributed by atoms with van der Waals surface area (Å²) in [5.41, 5.74) is 0. The number of aliphatic carboxylic acids is 1. The first-order valence-corrected chi connectivity index (χ1v) is 7.09. The average molecular weight is 287 g/mol. The zero-order chi connectivity index (χ0) is 14.6. The molecule has 1 aromatic heterocycles. The molecule has 7 nitrogen and oxygen atoms in total. The van der Waals surface area contributed by atoms with E-state index in [1.165, 1.54) is 18.6 Å². The highest BCUT2D eigenvalue weighted by molar-refractivity contribution is 7.89. The van der Waals surface area contributed by atoms with Crippen LogP contribution in [0.3, 0.4) is 0 Å². The lowest BCUT2D eigenvalue weighted by Gasteiger charge is -2.16. The van der Waals surface area contributed by atoms with Crippen molar-refractivity contribution >= 4 is 16.0 Å². The first-order valence-electron chi connectivity index (χ1n) is 5.65. The van der Waals surface area contributed by atoms with E-state index in [9.17, 15) is 13.2 Å². The van der Waals surface area contributed by atoms with Gasteiger partial charge in [-0.05, 0) is 13.8 Å². The molecule has 0 aliphatic rings. The Labute approximate surface area is 112 Å². The molecule has 0 unspecified atom stereocenters. The van der Waals surface area contributed by atoms with Crippen LogP contribution in [0.4, 0.5) is 0 Å². The number of nitrogens with zero attached hydrogens (tertiary/aromatic N) is 3. The molecule has 0 spiro atoms. The highest BCUT2D eigenvalue weighted by atomic mass is 32.2. The van der Waals surface area contributed by atoms with Crippen LogP contribution in [0.15, 0.2) is 30.2 Å². The highest BCUT2D eigenvalue weighted by Crippen LogP contribution is 2.15. The van der Waals surface area contributed by atoms with Gasteiger partial charge in [0.1, 0.15) is 6.54 Å². The number of carboxylic acid groups (broad SMARTS) is 1. The Bertz CT molecular complexity index is 562. The zero-order valence-electron chi connectivity index (χ0n) is 10.9. The van der Waals surface area contributed by atoms with E-state index in [1.807, 2.05) is 13.8 Å². The number of carboxylic acids is 1. The minimum atomic E-state index is -3.92. The molecule has 0 saturated heterocycles. The van der Waals surface area contributed by atoms with E-state index in [1.54, 1.807) is 4.57 Å². The summed E-state index contributed by atoms with van der Waals surface area (Å²) >= 11 is 0. The molecule has 0 fully saturated rings. The van der Waals surface area contributed by atoms with Gasteiger partial charge in [-0.2, -0.15) is 4.31 Å². The van der Waals surface area contributed by atoms with Crippen molar-refractivity contribution < 1.29 is 18.3 Å². The molecule has 1 heterocycles. The molecule has 106 valence electrons. The maximum atomic E-state index is 12.2. The third kappa shape index (κ3) is 3.65. The van der Waals surface area contributed by atoms with Gasteiger partial charge in [0.2, 0.25) is 0 Å². The van der Waals surface area contributed by atoms with Gasteiger partial charge >= 0.3 is 5.97 Å². The third-order valence-electron chi connectivity index (χ3n) is 2.42. The van der Waals surface area contributed by atoms with Gasteiger partial charge < -0.3 is 9.67 Å². The van der Waals surface area contributed by atoms with Crippen LogP contribution in [0, 0.1) is 0 Å².